The fourth-order valence-electron chi connectivity index (χ4n) is 2.98. The van der Waals surface area contributed by atoms with Crippen LogP contribution in [0, 0.1) is 6.92 Å². The second kappa shape index (κ2) is 5.53. The maximum atomic E-state index is 5.47. The molecule has 0 bridgehead atoms. The number of benzene rings is 1. The van der Waals surface area contributed by atoms with Crippen molar-refractivity contribution in [3.63, 3.8) is 0 Å². The summed E-state index contributed by atoms with van der Waals surface area (Å²) in [4.78, 5) is 13.0. The van der Waals surface area contributed by atoms with E-state index in [2.05, 4.69) is 60.3 Å². The van der Waals surface area contributed by atoms with Crippen LogP contribution in [0.2, 0.25) is 0 Å². The lowest BCUT2D eigenvalue weighted by molar-refractivity contribution is 0.273. The molecule has 0 unspecified atom stereocenters. The van der Waals surface area contributed by atoms with Crippen LogP contribution in [-0.4, -0.2) is 20.1 Å². The van der Waals surface area contributed by atoms with E-state index in [0.717, 1.165) is 34.5 Å². The molecule has 4 rings (SSSR count). The van der Waals surface area contributed by atoms with E-state index < -0.39 is 0 Å². The molecular formula is C17H15BrN4O. The smallest absolute Gasteiger partial charge is 0.261 e. The molecule has 6 heteroatoms. The van der Waals surface area contributed by atoms with Gasteiger partial charge in [0.1, 0.15) is 5.82 Å². The standard InChI is InChI=1S/C17H15BrN4O/c1-11-19-9-12(10-20-11)15-21-16(22-23-15)17(7-2-8-17)13-3-5-14(18)6-4-13/h3-6,9-10H,2,7-8H2,1H3. The minimum atomic E-state index is -0.131. The zero-order chi connectivity index (χ0) is 15.9. The van der Waals surface area contributed by atoms with Crippen molar-refractivity contribution in [2.24, 2.45) is 0 Å². The van der Waals surface area contributed by atoms with Crippen LogP contribution >= 0.6 is 15.9 Å². The number of aryl methyl sites for hydroxylation is 1. The maximum absolute atomic E-state index is 5.47. The van der Waals surface area contributed by atoms with E-state index in [9.17, 15) is 0 Å². The average molecular weight is 371 g/mol. The first-order valence-corrected chi connectivity index (χ1v) is 8.36. The highest BCUT2D eigenvalue weighted by atomic mass is 79.9. The highest BCUT2D eigenvalue weighted by Crippen LogP contribution is 2.48. The topological polar surface area (TPSA) is 64.7 Å². The van der Waals surface area contributed by atoms with Crippen molar-refractivity contribution in [3.8, 4) is 11.5 Å². The summed E-state index contributed by atoms with van der Waals surface area (Å²) < 4.78 is 6.54. The van der Waals surface area contributed by atoms with Gasteiger partial charge in [-0.1, -0.05) is 39.6 Å². The number of hydrogen-bond acceptors (Lipinski definition) is 5. The molecule has 0 N–H and O–H groups in total. The third-order valence-electron chi connectivity index (χ3n) is 4.49. The van der Waals surface area contributed by atoms with E-state index in [4.69, 9.17) is 4.52 Å². The highest BCUT2D eigenvalue weighted by molar-refractivity contribution is 9.10. The summed E-state index contributed by atoms with van der Waals surface area (Å²) in [5.74, 6) is 1.95. The van der Waals surface area contributed by atoms with Crippen molar-refractivity contribution in [1.82, 2.24) is 20.1 Å². The van der Waals surface area contributed by atoms with Crippen LogP contribution in [0.3, 0.4) is 0 Å². The van der Waals surface area contributed by atoms with Gasteiger partial charge in [0.2, 0.25) is 0 Å². The van der Waals surface area contributed by atoms with Gasteiger partial charge in [-0.3, -0.25) is 0 Å². The van der Waals surface area contributed by atoms with Crippen LogP contribution in [0.1, 0.15) is 36.5 Å². The van der Waals surface area contributed by atoms with E-state index in [-0.39, 0.29) is 5.41 Å². The van der Waals surface area contributed by atoms with Gasteiger partial charge in [0.15, 0.2) is 5.82 Å². The summed E-state index contributed by atoms with van der Waals surface area (Å²) in [5.41, 5.74) is 1.85. The zero-order valence-corrected chi connectivity index (χ0v) is 14.2. The Morgan fingerprint density at radius 3 is 2.39 bits per heavy atom. The van der Waals surface area contributed by atoms with Gasteiger partial charge < -0.3 is 4.52 Å². The van der Waals surface area contributed by atoms with Crippen LogP contribution in [0.25, 0.3) is 11.5 Å². The van der Waals surface area contributed by atoms with Gasteiger partial charge in [-0.15, -0.1) is 0 Å². The first-order chi connectivity index (χ1) is 11.2. The van der Waals surface area contributed by atoms with Crippen LogP contribution in [0.15, 0.2) is 45.7 Å². The third-order valence-corrected chi connectivity index (χ3v) is 5.01. The van der Waals surface area contributed by atoms with Crippen molar-refractivity contribution in [3.05, 3.63) is 58.3 Å². The van der Waals surface area contributed by atoms with Gasteiger partial charge in [-0.25, -0.2) is 9.97 Å². The lowest BCUT2D eigenvalue weighted by Gasteiger charge is -2.39. The molecule has 1 aliphatic rings. The molecular weight excluding hydrogens is 356 g/mol. The fraction of sp³-hybridized carbons (Fsp3) is 0.294. The largest absolute Gasteiger partial charge is 0.334 e. The molecule has 1 aromatic carbocycles. The molecule has 23 heavy (non-hydrogen) atoms. The Bertz CT molecular complexity index is 823. The fourth-order valence-corrected chi connectivity index (χ4v) is 3.24. The summed E-state index contributed by atoms with van der Waals surface area (Å²) in [6.07, 6.45) is 6.68. The Balaban J connectivity index is 1.72. The molecule has 0 amide bonds. The van der Waals surface area contributed by atoms with Crippen molar-refractivity contribution >= 4 is 15.9 Å². The summed E-state index contributed by atoms with van der Waals surface area (Å²) in [6, 6.07) is 8.39. The van der Waals surface area contributed by atoms with Gasteiger partial charge in [0, 0.05) is 16.9 Å². The van der Waals surface area contributed by atoms with E-state index >= 15 is 0 Å². The Morgan fingerprint density at radius 1 is 1.09 bits per heavy atom. The minimum Gasteiger partial charge on any atom is -0.334 e. The molecule has 3 aromatic rings. The van der Waals surface area contributed by atoms with Crippen molar-refractivity contribution in [2.75, 3.05) is 0 Å². The van der Waals surface area contributed by atoms with Crippen molar-refractivity contribution < 1.29 is 4.52 Å². The van der Waals surface area contributed by atoms with E-state index in [1.807, 2.05) is 6.92 Å². The molecule has 0 spiro atoms. The Morgan fingerprint density at radius 2 is 1.78 bits per heavy atom. The number of halogens is 1. The quantitative estimate of drug-likeness (QED) is 0.695. The van der Waals surface area contributed by atoms with Crippen molar-refractivity contribution in [2.45, 2.75) is 31.6 Å². The van der Waals surface area contributed by atoms with Gasteiger partial charge >= 0.3 is 0 Å². The first-order valence-electron chi connectivity index (χ1n) is 7.57. The SMILES string of the molecule is Cc1ncc(-c2nc(C3(c4ccc(Br)cc4)CCC3)no2)cn1. The molecule has 0 saturated heterocycles. The summed E-state index contributed by atoms with van der Waals surface area (Å²) in [7, 11) is 0. The number of nitrogens with zero attached hydrogens (tertiary/aromatic N) is 4. The van der Waals surface area contributed by atoms with E-state index in [0.29, 0.717) is 5.89 Å². The molecule has 2 heterocycles. The highest BCUT2D eigenvalue weighted by Gasteiger charge is 2.44. The predicted molar refractivity (Wildman–Crippen MR) is 88.8 cm³/mol. The second-order valence-electron chi connectivity index (χ2n) is 5.88. The normalized spacial score (nSPS) is 16.1. The number of rotatable bonds is 3. The third kappa shape index (κ3) is 2.47. The van der Waals surface area contributed by atoms with Crippen LogP contribution in [0.5, 0.6) is 0 Å². The molecule has 5 nitrogen and oxygen atoms in total. The molecule has 0 atom stereocenters. The van der Waals surface area contributed by atoms with Crippen molar-refractivity contribution in [1.29, 1.82) is 0 Å². The molecule has 1 fully saturated rings. The predicted octanol–water partition coefficient (Wildman–Crippen LogP) is 4.07. The van der Waals surface area contributed by atoms with Crippen LogP contribution < -0.4 is 0 Å². The van der Waals surface area contributed by atoms with Crippen LogP contribution in [0.4, 0.5) is 0 Å². The molecule has 2 aromatic heterocycles. The summed E-state index contributed by atoms with van der Waals surface area (Å²) in [6.45, 7) is 1.85. The molecule has 1 aliphatic carbocycles. The maximum Gasteiger partial charge on any atom is 0.261 e. The Kier molecular flexibility index (Phi) is 3.49. The van der Waals surface area contributed by atoms with E-state index in [1.54, 1.807) is 12.4 Å². The lowest BCUT2D eigenvalue weighted by Crippen LogP contribution is -2.36. The first kappa shape index (κ1) is 14.5. The molecule has 0 radical (unpaired) electrons. The van der Waals surface area contributed by atoms with Gasteiger partial charge in [-0.2, -0.15) is 4.98 Å². The minimum absolute atomic E-state index is 0.131. The Labute approximate surface area is 142 Å². The van der Waals surface area contributed by atoms with Gasteiger partial charge in [0.25, 0.3) is 5.89 Å². The molecule has 116 valence electrons. The molecule has 1 saturated carbocycles. The lowest BCUT2D eigenvalue weighted by atomic mass is 9.64. The Hall–Kier alpha value is -2.08. The number of hydrogen-bond donors (Lipinski definition) is 0. The average Bonchev–Trinajstić information content (AvgIpc) is 2.99. The summed E-state index contributed by atoms with van der Waals surface area (Å²) >= 11 is 3.49. The number of aromatic nitrogens is 4. The van der Waals surface area contributed by atoms with Gasteiger partial charge in [0.05, 0.1) is 11.0 Å². The second-order valence-corrected chi connectivity index (χ2v) is 6.80. The summed E-state index contributed by atoms with van der Waals surface area (Å²) in [5, 5.41) is 4.25. The van der Waals surface area contributed by atoms with Crippen LogP contribution in [-0.2, 0) is 5.41 Å². The monoisotopic (exact) mass is 370 g/mol. The van der Waals surface area contributed by atoms with Gasteiger partial charge in [-0.05, 0) is 37.5 Å². The zero-order valence-electron chi connectivity index (χ0n) is 12.7. The van der Waals surface area contributed by atoms with E-state index in [1.165, 1.54) is 12.0 Å². The molecule has 0 aliphatic heterocycles.